The Morgan fingerprint density at radius 2 is 0.679 bits per heavy atom. The first-order chi connectivity index (χ1) is 39.8. The van der Waals surface area contributed by atoms with Gasteiger partial charge in [-0.15, -0.1) is 0 Å². The summed E-state index contributed by atoms with van der Waals surface area (Å²) in [6, 6.07) is 0. The molecule has 0 amide bonds. The third-order valence-electron chi connectivity index (χ3n) is 14.5. The van der Waals surface area contributed by atoms with Crippen molar-refractivity contribution in [2.24, 2.45) is 5.73 Å². The van der Waals surface area contributed by atoms with Crippen molar-refractivity contribution >= 4 is 19.8 Å². The third-order valence-corrected chi connectivity index (χ3v) is 15.4. The van der Waals surface area contributed by atoms with Crippen molar-refractivity contribution in [2.75, 3.05) is 26.4 Å². The second kappa shape index (κ2) is 66.1. The first kappa shape index (κ1) is 77.9. The maximum absolute atomic E-state index is 12.7. The molecule has 81 heavy (non-hydrogen) atoms. The van der Waals surface area contributed by atoms with Gasteiger partial charge in [-0.25, -0.2) is 4.57 Å². The van der Waals surface area contributed by atoms with Crippen LogP contribution in [0.3, 0.4) is 0 Å². The predicted molar refractivity (Wildman–Crippen MR) is 348 cm³/mol. The molecule has 0 saturated carbocycles. The van der Waals surface area contributed by atoms with Crippen LogP contribution in [0.4, 0.5) is 0 Å². The fraction of sp³-hybridized carbons (Fsp3) is 0.746. The van der Waals surface area contributed by atoms with Gasteiger partial charge in [-0.1, -0.05) is 297 Å². The number of esters is 2. The van der Waals surface area contributed by atoms with Gasteiger partial charge in [0.2, 0.25) is 0 Å². The molecule has 0 radical (unpaired) electrons. The van der Waals surface area contributed by atoms with Gasteiger partial charge in [0, 0.05) is 19.4 Å². The van der Waals surface area contributed by atoms with Crippen LogP contribution in [0.1, 0.15) is 309 Å². The summed E-state index contributed by atoms with van der Waals surface area (Å²) in [4.78, 5) is 35.3. The number of hydrogen-bond donors (Lipinski definition) is 2. The van der Waals surface area contributed by atoms with Gasteiger partial charge >= 0.3 is 19.8 Å². The van der Waals surface area contributed by atoms with Crippen LogP contribution in [0.15, 0.2) is 97.2 Å². The molecule has 0 saturated heterocycles. The maximum atomic E-state index is 12.7. The molecule has 0 aromatic rings. The number of carbonyl (C=O) groups is 2. The minimum absolute atomic E-state index is 0.0517. The summed E-state index contributed by atoms with van der Waals surface area (Å²) in [5, 5.41) is 0. The average molecular weight is 1150 g/mol. The minimum atomic E-state index is -4.39. The summed E-state index contributed by atoms with van der Waals surface area (Å²) in [7, 11) is -4.39. The van der Waals surface area contributed by atoms with E-state index in [4.69, 9.17) is 24.3 Å². The van der Waals surface area contributed by atoms with Crippen molar-refractivity contribution in [2.45, 2.75) is 315 Å². The van der Waals surface area contributed by atoms with Crippen LogP contribution in [0.25, 0.3) is 0 Å². The third kappa shape index (κ3) is 65.9. The summed E-state index contributed by atoms with van der Waals surface area (Å²) >= 11 is 0. The lowest BCUT2D eigenvalue weighted by Gasteiger charge is -2.19. The van der Waals surface area contributed by atoms with Gasteiger partial charge in [0.15, 0.2) is 6.10 Å². The number of ether oxygens (including phenoxy) is 2. The molecule has 0 spiro atoms. The van der Waals surface area contributed by atoms with Crippen molar-refractivity contribution in [3.8, 4) is 0 Å². The van der Waals surface area contributed by atoms with Gasteiger partial charge in [0.05, 0.1) is 13.2 Å². The average Bonchev–Trinajstić information content (AvgIpc) is 3.46. The van der Waals surface area contributed by atoms with Crippen molar-refractivity contribution < 1.29 is 37.6 Å². The highest BCUT2D eigenvalue weighted by atomic mass is 31.2. The Bertz CT molecular complexity index is 1650. The van der Waals surface area contributed by atoms with Gasteiger partial charge in [0.1, 0.15) is 6.61 Å². The summed E-state index contributed by atoms with van der Waals surface area (Å²) in [6.07, 6.45) is 89.3. The van der Waals surface area contributed by atoms with Crippen molar-refractivity contribution in [1.29, 1.82) is 0 Å². The molecule has 0 rings (SSSR count). The zero-order valence-electron chi connectivity index (χ0n) is 52.5. The molecule has 0 aliphatic rings. The zero-order valence-corrected chi connectivity index (χ0v) is 53.4. The molecule has 0 aliphatic carbocycles. The van der Waals surface area contributed by atoms with E-state index in [1.165, 1.54) is 193 Å². The van der Waals surface area contributed by atoms with Crippen molar-refractivity contribution in [3.63, 3.8) is 0 Å². The van der Waals surface area contributed by atoms with E-state index < -0.39 is 26.5 Å². The van der Waals surface area contributed by atoms with Crippen molar-refractivity contribution in [1.82, 2.24) is 0 Å². The number of phosphoric ester groups is 1. The number of rotatable bonds is 63. The molecule has 0 aromatic carbocycles. The van der Waals surface area contributed by atoms with Gasteiger partial charge in [-0.05, 0) is 96.3 Å². The van der Waals surface area contributed by atoms with Crippen LogP contribution in [-0.2, 0) is 32.7 Å². The predicted octanol–water partition coefficient (Wildman–Crippen LogP) is 22.0. The molecule has 3 N–H and O–H groups in total. The van der Waals surface area contributed by atoms with Gasteiger partial charge in [0.25, 0.3) is 0 Å². The molecule has 2 unspecified atom stereocenters. The van der Waals surface area contributed by atoms with Gasteiger partial charge in [-0.2, -0.15) is 0 Å². The fourth-order valence-electron chi connectivity index (χ4n) is 9.50. The molecule has 9 nitrogen and oxygen atoms in total. The molecular formula is C71H126NO8P. The lowest BCUT2D eigenvalue weighted by atomic mass is 10.0. The molecule has 10 heteroatoms. The van der Waals surface area contributed by atoms with Crippen molar-refractivity contribution in [3.05, 3.63) is 97.2 Å². The number of unbranched alkanes of at least 4 members (excludes halogenated alkanes) is 34. The standard InChI is InChI=1S/C71H126NO8P/c1-3-5-7-9-11-13-15-17-19-21-23-24-25-26-27-28-29-30-31-32-33-34-35-36-37-38-39-40-41-42-43-44-46-48-50-52-54-56-58-60-62-64-71(74)80-69(68-79-81(75,76)78-66-65-72)67-77-70(73)63-61-59-57-55-53-51-49-47-45-22-20-18-16-14-12-10-8-6-4-2/h5,7,11-14,17-20,23-24,26-27,29-30,69H,3-4,6,8-10,15-16,21-22,25,28,31-68,72H2,1-2H3,(H,75,76)/b7-5-,13-11-,14-12-,19-17-,20-18-,24-23-,27-26-,30-29-. The first-order valence-corrected chi connectivity index (χ1v) is 35.2. The molecule has 0 heterocycles. The topological polar surface area (TPSA) is 134 Å². The Balaban J connectivity index is 3.81. The molecule has 468 valence electrons. The normalized spacial score (nSPS) is 13.6. The number of allylic oxidation sites excluding steroid dienone is 16. The minimum Gasteiger partial charge on any atom is -0.462 e. The van der Waals surface area contributed by atoms with Crippen LogP contribution in [0.2, 0.25) is 0 Å². The Morgan fingerprint density at radius 1 is 0.383 bits per heavy atom. The summed E-state index contributed by atoms with van der Waals surface area (Å²) in [5.74, 6) is -0.822. The molecular weight excluding hydrogens is 1030 g/mol. The van der Waals surface area contributed by atoms with Crippen LogP contribution in [-0.4, -0.2) is 49.3 Å². The van der Waals surface area contributed by atoms with E-state index >= 15 is 0 Å². The van der Waals surface area contributed by atoms with E-state index in [1.54, 1.807) is 0 Å². The number of carbonyl (C=O) groups excluding carboxylic acids is 2. The monoisotopic (exact) mass is 1150 g/mol. The quantitative estimate of drug-likeness (QED) is 0.0264. The Labute approximate surface area is 499 Å². The van der Waals surface area contributed by atoms with Crippen LogP contribution in [0, 0.1) is 0 Å². The highest BCUT2D eigenvalue weighted by Gasteiger charge is 2.26. The van der Waals surface area contributed by atoms with E-state index in [-0.39, 0.29) is 38.6 Å². The molecule has 2 atom stereocenters. The largest absolute Gasteiger partial charge is 0.472 e. The lowest BCUT2D eigenvalue weighted by Crippen LogP contribution is -2.29. The molecule has 0 aromatic heterocycles. The highest BCUT2D eigenvalue weighted by molar-refractivity contribution is 7.47. The SMILES string of the molecule is CC/C=C\C/C=C\C/C=C\C/C=C\C/C=C\C/C=C\CCCCCCCCCCCCCCCCCCCCCCCCC(=O)OC(COC(=O)CCCCCCCCCCC/C=C\C/C=C\CCCCC)COP(=O)(O)OCCN. The van der Waals surface area contributed by atoms with E-state index in [2.05, 4.69) is 111 Å². The van der Waals surface area contributed by atoms with Crippen LogP contribution < -0.4 is 5.73 Å². The van der Waals surface area contributed by atoms with E-state index in [0.29, 0.717) is 6.42 Å². The molecule has 0 fully saturated rings. The second-order valence-corrected chi connectivity index (χ2v) is 23.8. The van der Waals surface area contributed by atoms with Crippen LogP contribution >= 0.6 is 7.82 Å². The van der Waals surface area contributed by atoms with E-state index in [9.17, 15) is 19.0 Å². The molecule has 0 aliphatic heterocycles. The number of phosphoric acid groups is 1. The Morgan fingerprint density at radius 3 is 1.01 bits per heavy atom. The number of nitrogens with two attached hydrogens (primary N) is 1. The zero-order chi connectivity index (χ0) is 58.7. The Kier molecular flexibility index (Phi) is 63.6. The van der Waals surface area contributed by atoms with E-state index in [0.717, 1.165) is 83.5 Å². The Hall–Kier alpha value is -3.07. The smallest absolute Gasteiger partial charge is 0.462 e. The van der Waals surface area contributed by atoms with Gasteiger partial charge < -0.3 is 20.1 Å². The fourth-order valence-corrected chi connectivity index (χ4v) is 10.3. The first-order valence-electron chi connectivity index (χ1n) is 33.7. The second-order valence-electron chi connectivity index (χ2n) is 22.3. The maximum Gasteiger partial charge on any atom is 0.472 e. The van der Waals surface area contributed by atoms with E-state index in [1.807, 2.05) is 0 Å². The highest BCUT2D eigenvalue weighted by Crippen LogP contribution is 2.43. The molecule has 0 bridgehead atoms. The summed E-state index contributed by atoms with van der Waals surface area (Å²) in [6.45, 7) is 3.63. The summed E-state index contributed by atoms with van der Waals surface area (Å²) in [5.41, 5.74) is 5.39. The summed E-state index contributed by atoms with van der Waals surface area (Å²) < 4.78 is 33.1. The lowest BCUT2D eigenvalue weighted by molar-refractivity contribution is -0.161. The van der Waals surface area contributed by atoms with Crippen LogP contribution in [0.5, 0.6) is 0 Å². The number of hydrogen-bond acceptors (Lipinski definition) is 8. The van der Waals surface area contributed by atoms with Gasteiger partial charge in [-0.3, -0.25) is 18.6 Å².